The minimum atomic E-state index is -0.650. The lowest BCUT2D eigenvalue weighted by Gasteiger charge is -2.15. The molecule has 0 spiro atoms. The Bertz CT molecular complexity index is 991. The number of halogens is 1. The molecule has 1 aliphatic heterocycles. The van der Waals surface area contributed by atoms with E-state index in [1.165, 1.54) is 7.11 Å². The van der Waals surface area contributed by atoms with Crippen molar-refractivity contribution in [2.45, 2.75) is 18.6 Å². The second-order valence-corrected chi connectivity index (χ2v) is 7.87. The number of amidine groups is 1. The Morgan fingerprint density at radius 3 is 2.62 bits per heavy atom. The molecule has 9 heteroatoms. The Balaban J connectivity index is 1.70. The van der Waals surface area contributed by atoms with Gasteiger partial charge in [-0.05, 0) is 36.8 Å². The van der Waals surface area contributed by atoms with Crippen molar-refractivity contribution >= 4 is 51.7 Å². The zero-order valence-corrected chi connectivity index (χ0v) is 17.4. The fraction of sp³-hybridized carbons (Fsp3) is 0.200. The minimum absolute atomic E-state index is 0.0385. The molecule has 1 atom stereocenters. The first-order valence-corrected chi connectivity index (χ1v) is 9.96. The minimum Gasteiger partial charge on any atom is -0.497 e. The molecule has 3 rings (SSSR count). The van der Waals surface area contributed by atoms with Gasteiger partial charge >= 0.3 is 0 Å². The smallest absolute Gasteiger partial charge is 0.247 e. The molecule has 0 bridgehead atoms. The summed E-state index contributed by atoms with van der Waals surface area (Å²) in [5, 5.41) is 8.17. The van der Waals surface area contributed by atoms with Gasteiger partial charge in [-0.2, -0.15) is 5.10 Å². The second kappa shape index (κ2) is 9.11. The van der Waals surface area contributed by atoms with Crippen LogP contribution in [0.5, 0.6) is 5.75 Å². The van der Waals surface area contributed by atoms with Gasteiger partial charge in [0.05, 0.1) is 18.5 Å². The summed E-state index contributed by atoms with van der Waals surface area (Å²) in [6, 6.07) is 14.0. The summed E-state index contributed by atoms with van der Waals surface area (Å²) in [4.78, 5) is 26.3. The number of rotatable bonds is 5. The highest BCUT2D eigenvalue weighted by atomic mass is 35.5. The quantitative estimate of drug-likeness (QED) is 0.339. The average molecular weight is 431 g/mol. The molecule has 1 heterocycles. The molecular weight excluding hydrogens is 412 g/mol. The molecule has 150 valence electrons. The summed E-state index contributed by atoms with van der Waals surface area (Å²) in [7, 11) is 1.52. The Morgan fingerprint density at radius 1 is 1.21 bits per heavy atom. The number of hydrogen-bond acceptors (Lipinski definition) is 6. The molecule has 0 aromatic heterocycles. The zero-order chi connectivity index (χ0) is 21.0. The van der Waals surface area contributed by atoms with E-state index in [1.807, 2.05) is 12.1 Å². The topological polar surface area (TPSA) is 97.3 Å². The van der Waals surface area contributed by atoms with Crippen LogP contribution in [0.2, 0.25) is 5.02 Å². The van der Waals surface area contributed by atoms with Gasteiger partial charge in [0, 0.05) is 17.5 Å². The maximum Gasteiger partial charge on any atom is 0.247 e. The van der Waals surface area contributed by atoms with Gasteiger partial charge in [0.2, 0.25) is 11.8 Å². The molecule has 1 saturated heterocycles. The molecular formula is C20H19ClN4O3S. The summed E-state index contributed by atoms with van der Waals surface area (Å²) < 4.78 is 5.16. The number of hydrogen-bond donors (Lipinski definition) is 1. The predicted molar refractivity (Wildman–Crippen MR) is 117 cm³/mol. The van der Waals surface area contributed by atoms with E-state index in [-0.39, 0.29) is 23.4 Å². The number of methoxy groups -OCH3 is 1. The highest BCUT2D eigenvalue weighted by molar-refractivity contribution is 8.14. The van der Waals surface area contributed by atoms with Gasteiger partial charge < -0.3 is 10.5 Å². The third kappa shape index (κ3) is 4.96. The van der Waals surface area contributed by atoms with Crippen molar-refractivity contribution in [2.24, 2.45) is 15.9 Å². The summed E-state index contributed by atoms with van der Waals surface area (Å²) in [6.07, 6.45) is 0.0385. The van der Waals surface area contributed by atoms with Crippen LogP contribution >= 0.6 is 23.4 Å². The van der Waals surface area contributed by atoms with Crippen LogP contribution in [0, 0.1) is 0 Å². The Morgan fingerprint density at radius 2 is 1.93 bits per heavy atom. The van der Waals surface area contributed by atoms with Crippen LogP contribution < -0.4 is 15.4 Å². The standard InChI is InChI=1S/C20H19ClN4O3S/c1-12(13-6-8-14(21)9-7-13)23-24-20(22)29-17-11-18(26)25(19(17)27)15-4-3-5-16(10-15)28-2/h3-10,17H,11H2,1-2H3,(H2,22,24)/b23-12-/t17-/m0/s1. The van der Waals surface area contributed by atoms with Crippen LogP contribution in [0.1, 0.15) is 18.9 Å². The number of nitrogens with two attached hydrogens (primary N) is 1. The molecule has 0 saturated carbocycles. The largest absolute Gasteiger partial charge is 0.497 e. The maximum atomic E-state index is 12.7. The van der Waals surface area contributed by atoms with Gasteiger partial charge in [0.25, 0.3) is 0 Å². The van der Waals surface area contributed by atoms with Crippen molar-refractivity contribution in [1.82, 2.24) is 0 Å². The lowest BCUT2D eigenvalue weighted by Crippen LogP contribution is -2.31. The van der Waals surface area contributed by atoms with E-state index in [0.29, 0.717) is 22.2 Å². The normalized spacial score (nSPS) is 17.8. The maximum absolute atomic E-state index is 12.7. The lowest BCUT2D eigenvalue weighted by molar-refractivity contribution is -0.121. The van der Waals surface area contributed by atoms with Crippen molar-refractivity contribution in [3.8, 4) is 5.75 Å². The molecule has 2 aromatic carbocycles. The SMILES string of the molecule is COc1cccc(N2C(=O)C[C@H](SC(N)=N/N=C(/C)c3ccc(Cl)cc3)C2=O)c1. The first-order valence-electron chi connectivity index (χ1n) is 8.70. The van der Waals surface area contributed by atoms with Crippen LogP contribution in [0.25, 0.3) is 0 Å². The number of amides is 2. The van der Waals surface area contributed by atoms with Gasteiger partial charge in [-0.3, -0.25) is 9.59 Å². The van der Waals surface area contributed by atoms with E-state index in [0.717, 1.165) is 22.2 Å². The monoisotopic (exact) mass is 430 g/mol. The number of imide groups is 1. The Hall–Kier alpha value is -2.84. The molecule has 1 fully saturated rings. The second-order valence-electron chi connectivity index (χ2n) is 6.21. The summed E-state index contributed by atoms with van der Waals surface area (Å²) >= 11 is 6.90. The molecule has 0 unspecified atom stereocenters. The van der Waals surface area contributed by atoms with Crippen LogP contribution in [0.15, 0.2) is 58.7 Å². The van der Waals surface area contributed by atoms with E-state index >= 15 is 0 Å². The van der Waals surface area contributed by atoms with Crippen molar-refractivity contribution in [3.63, 3.8) is 0 Å². The number of carbonyl (C=O) groups is 2. The van der Waals surface area contributed by atoms with Gasteiger partial charge in [-0.25, -0.2) is 4.90 Å². The van der Waals surface area contributed by atoms with E-state index < -0.39 is 5.25 Å². The van der Waals surface area contributed by atoms with Gasteiger partial charge in [-0.1, -0.05) is 41.6 Å². The van der Waals surface area contributed by atoms with Gasteiger partial charge in [-0.15, -0.1) is 5.10 Å². The van der Waals surface area contributed by atoms with Crippen LogP contribution in [0.4, 0.5) is 5.69 Å². The number of carbonyl (C=O) groups excluding carboxylic acids is 2. The van der Waals surface area contributed by atoms with Gasteiger partial charge in [0.1, 0.15) is 11.0 Å². The molecule has 2 N–H and O–H groups in total. The molecule has 2 amide bonds. The van der Waals surface area contributed by atoms with Crippen molar-refractivity contribution in [3.05, 3.63) is 59.1 Å². The highest BCUT2D eigenvalue weighted by Crippen LogP contribution is 2.31. The number of nitrogens with zero attached hydrogens (tertiary/aromatic N) is 3. The van der Waals surface area contributed by atoms with Crippen molar-refractivity contribution in [1.29, 1.82) is 0 Å². The zero-order valence-electron chi connectivity index (χ0n) is 15.8. The van der Waals surface area contributed by atoms with Gasteiger partial charge in [0.15, 0.2) is 5.17 Å². The average Bonchev–Trinajstić information content (AvgIpc) is 2.99. The van der Waals surface area contributed by atoms with E-state index in [9.17, 15) is 9.59 Å². The molecule has 7 nitrogen and oxygen atoms in total. The fourth-order valence-corrected chi connectivity index (χ4v) is 3.70. The molecule has 1 aliphatic rings. The first-order chi connectivity index (χ1) is 13.9. The Kier molecular flexibility index (Phi) is 6.56. The number of thioether (sulfide) groups is 1. The Labute approximate surface area is 177 Å². The summed E-state index contributed by atoms with van der Waals surface area (Å²) in [5.41, 5.74) is 7.90. The van der Waals surface area contributed by atoms with Crippen LogP contribution in [-0.2, 0) is 9.59 Å². The van der Waals surface area contributed by atoms with E-state index in [2.05, 4.69) is 10.2 Å². The van der Waals surface area contributed by atoms with Crippen molar-refractivity contribution < 1.29 is 14.3 Å². The predicted octanol–water partition coefficient (Wildman–Crippen LogP) is 3.45. The van der Waals surface area contributed by atoms with E-state index in [4.69, 9.17) is 22.1 Å². The highest BCUT2D eigenvalue weighted by Gasteiger charge is 2.40. The number of benzene rings is 2. The molecule has 29 heavy (non-hydrogen) atoms. The summed E-state index contributed by atoms with van der Waals surface area (Å²) in [5.74, 6) is -0.0773. The van der Waals surface area contributed by atoms with Crippen LogP contribution in [-0.4, -0.2) is 35.1 Å². The fourth-order valence-electron chi connectivity index (χ4n) is 2.76. The third-order valence-electron chi connectivity index (χ3n) is 4.24. The number of ether oxygens (including phenoxy) is 1. The van der Waals surface area contributed by atoms with Crippen molar-refractivity contribution in [2.75, 3.05) is 12.0 Å². The van der Waals surface area contributed by atoms with Crippen LogP contribution in [0.3, 0.4) is 0 Å². The van der Waals surface area contributed by atoms with E-state index in [1.54, 1.807) is 43.3 Å². The summed E-state index contributed by atoms with van der Waals surface area (Å²) in [6.45, 7) is 1.79. The molecule has 0 aliphatic carbocycles. The third-order valence-corrected chi connectivity index (χ3v) is 5.47. The first kappa shape index (κ1) is 20.9. The molecule has 2 aromatic rings. The number of anilines is 1. The molecule has 0 radical (unpaired) electrons. The lowest BCUT2D eigenvalue weighted by atomic mass is 10.1.